The number of likely N-dealkylation sites (tertiary alicyclic amines) is 1. The third kappa shape index (κ3) is 3.06. The van der Waals surface area contributed by atoms with Gasteiger partial charge in [0.25, 0.3) is 5.91 Å². The SMILES string of the molecule is CC(C)(C)OC(=O)N1CCCC1c1nc2c(C(N)=O)cccc2[nH]1. The monoisotopic (exact) mass is 330 g/mol. The van der Waals surface area contributed by atoms with Crippen molar-refractivity contribution in [1.29, 1.82) is 0 Å². The minimum Gasteiger partial charge on any atom is -0.444 e. The molecule has 3 N–H and O–H groups in total. The lowest BCUT2D eigenvalue weighted by molar-refractivity contribution is 0.0219. The third-order valence-corrected chi connectivity index (χ3v) is 3.99. The summed E-state index contributed by atoms with van der Waals surface area (Å²) in [6, 6.07) is 5.05. The number of hydrogen-bond donors (Lipinski definition) is 2. The highest BCUT2D eigenvalue weighted by molar-refractivity contribution is 6.04. The van der Waals surface area contributed by atoms with E-state index in [1.807, 2.05) is 26.8 Å². The summed E-state index contributed by atoms with van der Waals surface area (Å²) in [6.07, 6.45) is 1.33. The van der Waals surface area contributed by atoms with Crippen LogP contribution in [0.2, 0.25) is 0 Å². The van der Waals surface area contributed by atoms with Crippen LogP contribution in [0.1, 0.15) is 55.8 Å². The van der Waals surface area contributed by atoms with E-state index in [0.717, 1.165) is 18.4 Å². The number of para-hydroxylation sites is 1. The fourth-order valence-corrected chi connectivity index (χ4v) is 3.00. The highest BCUT2D eigenvalue weighted by atomic mass is 16.6. The molecule has 1 atom stereocenters. The second-order valence-corrected chi connectivity index (χ2v) is 7.02. The van der Waals surface area contributed by atoms with Gasteiger partial charge in [-0.05, 0) is 45.7 Å². The van der Waals surface area contributed by atoms with E-state index in [2.05, 4.69) is 9.97 Å². The first kappa shape index (κ1) is 16.3. The van der Waals surface area contributed by atoms with E-state index in [0.29, 0.717) is 23.4 Å². The molecule has 24 heavy (non-hydrogen) atoms. The lowest BCUT2D eigenvalue weighted by Crippen LogP contribution is -2.36. The number of aromatic nitrogens is 2. The Morgan fingerprint density at radius 3 is 2.79 bits per heavy atom. The molecule has 2 heterocycles. The van der Waals surface area contributed by atoms with Crippen LogP contribution in [0.15, 0.2) is 18.2 Å². The van der Waals surface area contributed by atoms with Gasteiger partial charge >= 0.3 is 6.09 Å². The summed E-state index contributed by atoms with van der Waals surface area (Å²) >= 11 is 0. The van der Waals surface area contributed by atoms with Crippen molar-refractivity contribution in [3.05, 3.63) is 29.6 Å². The number of ether oxygens (including phenoxy) is 1. The first-order valence-electron chi connectivity index (χ1n) is 8.04. The van der Waals surface area contributed by atoms with E-state index in [-0.39, 0.29) is 12.1 Å². The standard InChI is InChI=1S/C17H22N4O3/c1-17(2,3)24-16(23)21-9-5-8-12(21)15-19-11-7-4-6-10(14(18)22)13(11)20-15/h4,6-7,12H,5,8-9H2,1-3H3,(H2,18,22)(H,19,20). The molecule has 3 rings (SSSR count). The summed E-state index contributed by atoms with van der Waals surface area (Å²) < 4.78 is 5.48. The number of benzene rings is 1. The first-order chi connectivity index (χ1) is 11.3. The highest BCUT2D eigenvalue weighted by Gasteiger charge is 2.35. The first-order valence-corrected chi connectivity index (χ1v) is 8.04. The van der Waals surface area contributed by atoms with Gasteiger partial charge in [-0.3, -0.25) is 9.69 Å². The number of imidazole rings is 1. The van der Waals surface area contributed by atoms with Gasteiger partial charge in [-0.2, -0.15) is 0 Å². The molecule has 7 heteroatoms. The zero-order valence-corrected chi connectivity index (χ0v) is 14.1. The van der Waals surface area contributed by atoms with Crippen LogP contribution in [0.4, 0.5) is 4.79 Å². The molecule has 1 unspecified atom stereocenters. The van der Waals surface area contributed by atoms with Crippen LogP contribution in [-0.4, -0.2) is 39.0 Å². The highest BCUT2D eigenvalue weighted by Crippen LogP contribution is 2.33. The van der Waals surface area contributed by atoms with E-state index in [4.69, 9.17) is 10.5 Å². The molecule has 1 saturated heterocycles. The number of rotatable bonds is 2. The van der Waals surface area contributed by atoms with E-state index in [9.17, 15) is 9.59 Å². The molecule has 1 aromatic carbocycles. The number of nitrogens with two attached hydrogens (primary N) is 1. The molecule has 128 valence electrons. The smallest absolute Gasteiger partial charge is 0.410 e. The van der Waals surface area contributed by atoms with Gasteiger partial charge in [0, 0.05) is 6.54 Å². The molecular formula is C17H22N4O3. The predicted molar refractivity (Wildman–Crippen MR) is 89.5 cm³/mol. The Kier molecular flexibility index (Phi) is 3.95. The number of amides is 2. The van der Waals surface area contributed by atoms with Crippen LogP contribution >= 0.6 is 0 Å². The molecule has 0 spiro atoms. The van der Waals surface area contributed by atoms with Crippen molar-refractivity contribution >= 4 is 23.0 Å². The van der Waals surface area contributed by atoms with Crippen molar-refractivity contribution < 1.29 is 14.3 Å². The largest absolute Gasteiger partial charge is 0.444 e. The molecule has 0 aliphatic carbocycles. The average molecular weight is 330 g/mol. The molecule has 2 amide bonds. The van der Waals surface area contributed by atoms with Crippen molar-refractivity contribution in [3.8, 4) is 0 Å². The van der Waals surface area contributed by atoms with E-state index >= 15 is 0 Å². The third-order valence-electron chi connectivity index (χ3n) is 3.99. The van der Waals surface area contributed by atoms with E-state index < -0.39 is 11.5 Å². The number of primary amides is 1. The van der Waals surface area contributed by atoms with Crippen LogP contribution in [-0.2, 0) is 4.74 Å². The summed E-state index contributed by atoms with van der Waals surface area (Å²) in [5.74, 6) is 0.135. The molecule has 7 nitrogen and oxygen atoms in total. The molecule has 1 aromatic heterocycles. The van der Waals surface area contributed by atoms with E-state index in [1.54, 1.807) is 17.0 Å². The van der Waals surface area contributed by atoms with Crippen LogP contribution in [0.5, 0.6) is 0 Å². The van der Waals surface area contributed by atoms with Gasteiger partial charge in [0.05, 0.1) is 17.1 Å². The molecule has 0 bridgehead atoms. The van der Waals surface area contributed by atoms with Crippen molar-refractivity contribution in [3.63, 3.8) is 0 Å². The summed E-state index contributed by atoms with van der Waals surface area (Å²) in [6.45, 7) is 6.15. The Labute approximate surface area is 140 Å². The Hall–Kier alpha value is -2.57. The number of hydrogen-bond acceptors (Lipinski definition) is 4. The van der Waals surface area contributed by atoms with Gasteiger partial charge in [0.15, 0.2) is 0 Å². The van der Waals surface area contributed by atoms with Crippen LogP contribution in [0.3, 0.4) is 0 Å². The molecular weight excluding hydrogens is 308 g/mol. The topological polar surface area (TPSA) is 101 Å². The van der Waals surface area contributed by atoms with Gasteiger partial charge in [-0.1, -0.05) is 6.07 Å². The number of aromatic amines is 1. The Balaban J connectivity index is 1.93. The van der Waals surface area contributed by atoms with E-state index in [1.165, 1.54) is 0 Å². The van der Waals surface area contributed by atoms with Crippen molar-refractivity contribution in [2.75, 3.05) is 6.54 Å². The van der Waals surface area contributed by atoms with Crippen LogP contribution < -0.4 is 5.73 Å². The van der Waals surface area contributed by atoms with Crippen molar-refractivity contribution in [2.24, 2.45) is 5.73 Å². The Bertz CT molecular complexity index is 791. The zero-order valence-electron chi connectivity index (χ0n) is 14.1. The Morgan fingerprint density at radius 2 is 2.12 bits per heavy atom. The summed E-state index contributed by atoms with van der Waals surface area (Å²) in [4.78, 5) is 33.4. The van der Waals surface area contributed by atoms with Crippen molar-refractivity contribution in [2.45, 2.75) is 45.3 Å². The predicted octanol–water partition coefficient (Wildman–Crippen LogP) is 2.73. The average Bonchev–Trinajstić information content (AvgIpc) is 3.10. The lowest BCUT2D eigenvalue weighted by atomic mass is 10.2. The number of nitrogens with zero attached hydrogens (tertiary/aromatic N) is 2. The fraction of sp³-hybridized carbons (Fsp3) is 0.471. The van der Waals surface area contributed by atoms with Gasteiger partial charge in [0.1, 0.15) is 16.9 Å². The number of carbonyl (C=O) groups excluding carboxylic acids is 2. The van der Waals surface area contributed by atoms with Crippen molar-refractivity contribution in [1.82, 2.24) is 14.9 Å². The van der Waals surface area contributed by atoms with Gasteiger partial charge in [-0.25, -0.2) is 9.78 Å². The number of H-pyrrole nitrogens is 1. The molecule has 1 aliphatic heterocycles. The maximum atomic E-state index is 12.4. The normalized spacial score (nSPS) is 18.1. The molecule has 0 saturated carbocycles. The van der Waals surface area contributed by atoms with Gasteiger partial charge in [0.2, 0.25) is 0 Å². The second-order valence-electron chi connectivity index (χ2n) is 7.02. The van der Waals surface area contributed by atoms with Crippen LogP contribution in [0.25, 0.3) is 11.0 Å². The fourth-order valence-electron chi connectivity index (χ4n) is 3.00. The maximum absolute atomic E-state index is 12.4. The summed E-state index contributed by atoms with van der Waals surface area (Å²) in [7, 11) is 0. The molecule has 2 aromatic rings. The minimum atomic E-state index is -0.544. The quantitative estimate of drug-likeness (QED) is 0.884. The maximum Gasteiger partial charge on any atom is 0.410 e. The van der Waals surface area contributed by atoms with Gasteiger partial charge in [-0.15, -0.1) is 0 Å². The van der Waals surface area contributed by atoms with Crippen LogP contribution in [0, 0.1) is 0 Å². The summed E-state index contributed by atoms with van der Waals surface area (Å²) in [5.41, 5.74) is 6.51. The number of carbonyl (C=O) groups is 2. The lowest BCUT2D eigenvalue weighted by Gasteiger charge is -2.27. The number of fused-ring (bicyclic) bond motifs is 1. The second kappa shape index (κ2) is 5.81. The zero-order chi connectivity index (χ0) is 17.5. The minimum absolute atomic E-state index is 0.187. The summed E-state index contributed by atoms with van der Waals surface area (Å²) in [5, 5.41) is 0. The number of nitrogens with one attached hydrogen (secondary N) is 1. The molecule has 0 radical (unpaired) electrons. The van der Waals surface area contributed by atoms with Gasteiger partial charge < -0.3 is 15.5 Å². The molecule has 1 fully saturated rings. The molecule has 1 aliphatic rings. The Morgan fingerprint density at radius 1 is 1.38 bits per heavy atom.